The summed E-state index contributed by atoms with van der Waals surface area (Å²) in [6.07, 6.45) is 2.14. The Kier molecular flexibility index (Phi) is 7.53. The van der Waals surface area contributed by atoms with E-state index >= 15 is 0 Å². The van der Waals surface area contributed by atoms with Gasteiger partial charge in [-0.1, -0.05) is 17.9 Å². The summed E-state index contributed by atoms with van der Waals surface area (Å²) in [5, 5.41) is 0. The first kappa shape index (κ1) is 16.9. The van der Waals surface area contributed by atoms with Gasteiger partial charge in [-0.15, -0.1) is 0 Å². The molecule has 20 heavy (non-hydrogen) atoms. The van der Waals surface area contributed by atoms with Crippen molar-refractivity contribution in [2.75, 3.05) is 32.7 Å². The van der Waals surface area contributed by atoms with Gasteiger partial charge < -0.3 is 10.5 Å². The van der Waals surface area contributed by atoms with Gasteiger partial charge in [0.25, 0.3) is 0 Å². The average molecular weight is 292 g/mol. The van der Waals surface area contributed by atoms with E-state index in [-0.39, 0.29) is 0 Å². The van der Waals surface area contributed by atoms with E-state index in [4.69, 9.17) is 10.5 Å². The smallest absolute Gasteiger partial charge is 0.134 e. The molecule has 4 heteroatoms. The van der Waals surface area contributed by atoms with E-state index in [9.17, 15) is 0 Å². The van der Waals surface area contributed by atoms with Crippen LogP contribution in [0.4, 0.5) is 0 Å². The van der Waals surface area contributed by atoms with Crippen LogP contribution in [0.2, 0.25) is 0 Å². The molecule has 1 atom stereocenters. The molecule has 0 aliphatic rings. The molecule has 0 amide bonds. The predicted octanol–water partition coefficient (Wildman–Crippen LogP) is 2.19. The maximum absolute atomic E-state index is 5.43. The van der Waals surface area contributed by atoms with Gasteiger partial charge >= 0.3 is 0 Å². The lowest BCUT2D eigenvalue weighted by atomic mass is 10.1. The third-order valence-electron chi connectivity index (χ3n) is 3.18. The number of nitrogens with zero attached hydrogens (tertiary/aromatic N) is 1. The molecule has 0 spiro atoms. The molecule has 0 fully saturated rings. The van der Waals surface area contributed by atoms with E-state index in [0.717, 1.165) is 23.6 Å². The Morgan fingerprint density at radius 2 is 2.20 bits per heavy atom. The summed E-state index contributed by atoms with van der Waals surface area (Å²) in [5.74, 6) is 7.88. The van der Waals surface area contributed by atoms with Crippen molar-refractivity contribution in [3.8, 4) is 17.6 Å². The fourth-order valence-electron chi connectivity index (χ4n) is 1.91. The summed E-state index contributed by atoms with van der Waals surface area (Å²) < 4.78 is 5.33. The van der Waals surface area contributed by atoms with Gasteiger partial charge in [-0.3, -0.25) is 4.90 Å². The molecule has 1 unspecified atom stereocenters. The number of hydrogen-bond acceptors (Lipinski definition) is 4. The summed E-state index contributed by atoms with van der Waals surface area (Å²) in [5.41, 5.74) is 7.58. The van der Waals surface area contributed by atoms with Crippen LogP contribution in [0, 0.1) is 11.8 Å². The maximum Gasteiger partial charge on any atom is 0.134 e. The highest BCUT2D eigenvalue weighted by atomic mass is 32.2. The Morgan fingerprint density at radius 3 is 2.80 bits per heavy atom. The van der Waals surface area contributed by atoms with Gasteiger partial charge in [0, 0.05) is 18.3 Å². The highest BCUT2D eigenvalue weighted by Gasteiger charge is 2.10. The molecule has 110 valence electrons. The Balaban J connectivity index is 2.86. The van der Waals surface area contributed by atoms with Crippen molar-refractivity contribution < 1.29 is 4.74 Å². The minimum Gasteiger partial charge on any atom is -0.495 e. The number of ether oxygens (including phenoxy) is 1. The fourth-order valence-corrected chi connectivity index (χ4v) is 2.65. The molecule has 1 rings (SSSR count). The number of benzene rings is 1. The first-order chi connectivity index (χ1) is 9.62. The minimum absolute atomic E-state index is 0.359. The number of rotatable bonds is 6. The summed E-state index contributed by atoms with van der Waals surface area (Å²) in [4.78, 5) is 2.35. The molecular weight excluding hydrogens is 268 g/mol. The monoisotopic (exact) mass is 292 g/mol. The van der Waals surface area contributed by atoms with Crippen LogP contribution in [0.25, 0.3) is 0 Å². The van der Waals surface area contributed by atoms with Crippen LogP contribution in [0.1, 0.15) is 18.1 Å². The number of hydrogen-bond donors (Lipinski definition) is 1. The second-order valence-corrected chi connectivity index (χ2v) is 5.67. The molecule has 1 aromatic rings. The van der Waals surface area contributed by atoms with Crippen LogP contribution in [-0.4, -0.2) is 43.7 Å². The highest BCUT2D eigenvalue weighted by Crippen LogP contribution is 2.20. The second kappa shape index (κ2) is 8.91. The van der Waals surface area contributed by atoms with Gasteiger partial charge in [0.2, 0.25) is 0 Å². The van der Waals surface area contributed by atoms with Crippen molar-refractivity contribution >= 4 is 11.8 Å². The first-order valence-corrected chi connectivity index (χ1v) is 8.06. The zero-order valence-corrected chi connectivity index (χ0v) is 13.6. The summed E-state index contributed by atoms with van der Waals surface area (Å²) in [6.45, 7) is 3.51. The second-order valence-electron chi connectivity index (χ2n) is 4.76. The summed E-state index contributed by atoms with van der Waals surface area (Å²) in [6, 6.07) is 6.70. The van der Waals surface area contributed by atoms with Crippen LogP contribution in [-0.2, 0) is 6.54 Å². The van der Waals surface area contributed by atoms with Crippen LogP contribution in [0.5, 0.6) is 5.75 Å². The third kappa shape index (κ3) is 5.09. The molecule has 0 aromatic heterocycles. The van der Waals surface area contributed by atoms with E-state index < -0.39 is 0 Å². The lowest BCUT2D eigenvalue weighted by molar-refractivity contribution is 0.269. The van der Waals surface area contributed by atoms with E-state index in [1.807, 2.05) is 17.8 Å². The molecule has 0 saturated heterocycles. The molecule has 0 aliphatic carbocycles. The largest absolute Gasteiger partial charge is 0.495 e. The highest BCUT2D eigenvalue weighted by molar-refractivity contribution is 7.98. The Labute approximate surface area is 126 Å². The van der Waals surface area contributed by atoms with Crippen LogP contribution >= 0.6 is 11.8 Å². The molecule has 0 saturated carbocycles. The lowest BCUT2D eigenvalue weighted by Gasteiger charge is -2.24. The van der Waals surface area contributed by atoms with Crippen molar-refractivity contribution in [1.82, 2.24) is 4.90 Å². The molecular formula is C16H24N2OS. The zero-order valence-electron chi connectivity index (χ0n) is 12.8. The Morgan fingerprint density at radius 1 is 1.45 bits per heavy atom. The van der Waals surface area contributed by atoms with Gasteiger partial charge in [0.05, 0.1) is 19.2 Å². The maximum atomic E-state index is 5.43. The van der Waals surface area contributed by atoms with Crippen LogP contribution < -0.4 is 10.5 Å². The molecule has 2 N–H and O–H groups in total. The standard InChI is InChI=1S/C16H24N2OS/c1-13(12-20-4)18(2)11-14-7-8-16(19-3)15(10-14)6-5-9-17/h7-8,10,13H,9,11-12,17H2,1-4H3. The van der Waals surface area contributed by atoms with Gasteiger partial charge in [-0.25, -0.2) is 0 Å². The number of methoxy groups -OCH3 is 1. The number of thioether (sulfide) groups is 1. The molecule has 0 radical (unpaired) electrons. The van der Waals surface area contributed by atoms with Crippen molar-refractivity contribution in [2.45, 2.75) is 19.5 Å². The third-order valence-corrected chi connectivity index (χ3v) is 4.00. The minimum atomic E-state index is 0.359. The van der Waals surface area contributed by atoms with Crippen LogP contribution in [0.15, 0.2) is 18.2 Å². The summed E-state index contributed by atoms with van der Waals surface area (Å²) >= 11 is 1.87. The van der Waals surface area contributed by atoms with Crippen molar-refractivity contribution in [3.05, 3.63) is 29.3 Å². The Hall–Kier alpha value is -1.15. The van der Waals surface area contributed by atoms with E-state index in [0.29, 0.717) is 12.6 Å². The molecule has 3 nitrogen and oxygen atoms in total. The topological polar surface area (TPSA) is 38.5 Å². The van der Waals surface area contributed by atoms with E-state index in [1.54, 1.807) is 7.11 Å². The van der Waals surface area contributed by atoms with Crippen molar-refractivity contribution in [1.29, 1.82) is 0 Å². The lowest BCUT2D eigenvalue weighted by Crippen LogP contribution is -2.30. The van der Waals surface area contributed by atoms with Gasteiger partial charge in [-0.05, 0) is 37.9 Å². The first-order valence-electron chi connectivity index (χ1n) is 6.67. The SMILES string of the molecule is COc1ccc(CN(C)C(C)CSC)cc1C#CCN. The zero-order chi connectivity index (χ0) is 15.0. The van der Waals surface area contributed by atoms with Gasteiger partial charge in [0.1, 0.15) is 5.75 Å². The van der Waals surface area contributed by atoms with Crippen LogP contribution in [0.3, 0.4) is 0 Å². The van der Waals surface area contributed by atoms with Gasteiger partial charge in [0.15, 0.2) is 0 Å². The normalized spacial score (nSPS) is 11.9. The van der Waals surface area contributed by atoms with E-state index in [2.05, 4.69) is 49.1 Å². The molecule has 0 aliphatic heterocycles. The average Bonchev–Trinajstić information content (AvgIpc) is 2.45. The number of nitrogens with two attached hydrogens (primary N) is 1. The molecule has 1 aromatic carbocycles. The van der Waals surface area contributed by atoms with Crippen molar-refractivity contribution in [3.63, 3.8) is 0 Å². The van der Waals surface area contributed by atoms with Crippen molar-refractivity contribution in [2.24, 2.45) is 5.73 Å². The fraction of sp³-hybridized carbons (Fsp3) is 0.500. The quantitative estimate of drug-likeness (QED) is 0.816. The summed E-state index contributed by atoms with van der Waals surface area (Å²) in [7, 11) is 3.81. The van der Waals surface area contributed by atoms with Gasteiger partial charge in [-0.2, -0.15) is 11.8 Å². The van der Waals surface area contributed by atoms with E-state index in [1.165, 1.54) is 5.56 Å². The Bertz CT molecular complexity index is 479. The predicted molar refractivity (Wildman–Crippen MR) is 88.2 cm³/mol. The molecule has 0 heterocycles. The molecule has 0 bridgehead atoms.